The van der Waals surface area contributed by atoms with Crippen LogP contribution in [0.1, 0.15) is 40.1 Å². The summed E-state index contributed by atoms with van der Waals surface area (Å²) in [6.45, 7) is 0.741. The van der Waals surface area contributed by atoms with Gasteiger partial charge in [0.1, 0.15) is 12.5 Å². The minimum Gasteiger partial charge on any atom is -0.454 e. The summed E-state index contributed by atoms with van der Waals surface area (Å²) in [4.78, 5) is 25.2. The zero-order valence-electron chi connectivity index (χ0n) is 17.5. The third-order valence-corrected chi connectivity index (χ3v) is 4.78. The summed E-state index contributed by atoms with van der Waals surface area (Å²) in [6, 6.07) is 27.7. The number of carbonyl (C=O) groups is 2. The van der Waals surface area contributed by atoms with Gasteiger partial charge in [-0.2, -0.15) is 0 Å². The monoisotopic (exact) mass is 418 g/mol. The number of carbonyl (C=O) groups excluding carboxylic acids is 2. The molecule has 0 saturated heterocycles. The van der Waals surface area contributed by atoms with Gasteiger partial charge in [0.15, 0.2) is 11.9 Å². The lowest BCUT2D eigenvalue weighted by Gasteiger charge is -2.28. The number of rotatable bonds is 11. The highest BCUT2D eigenvalue weighted by Crippen LogP contribution is 2.35. The van der Waals surface area contributed by atoms with E-state index in [1.54, 1.807) is 31.4 Å². The molecule has 5 heteroatoms. The standard InChI is InChI=1S/C26H26O5/c1-29-17-18-30-25(21-13-7-3-8-14-21)26(22-15-9-4-10-16-22)31-24(28)19-23(27)20-11-5-2-6-12-20/h2-16,25-26H,17-19H2,1H3/t25-,26+/m0/s1. The summed E-state index contributed by atoms with van der Waals surface area (Å²) in [5.41, 5.74) is 2.13. The molecule has 0 radical (unpaired) electrons. The summed E-state index contributed by atoms with van der Waals surface area (Å²) >= 11 is 0. The third-order valence-electron chi connectivity index (χ3n) is 4.78. The van der Waals surface area contributed by atoms with Crippen LogP contribution in [-0.2, 0) is 19.0 Å². The van der Waals surface area contributed by atoms with Gasteiger partial charge in [-0.1, -0.05) is 91.0 Å². The van der Waals surface area contributed by atoms with Crippen molar-refractivity contribution in [2.75, 3.05) is 20.3 Å². The lowest BCUT2D eigenvalue weighted by molar-refractivity contribution is -0.158. The van der Waals surface area contributed by atoms with Crippen LogP contribution >= 0.6 is 0 Å². The second-order valence-electron chi connectivity index (χ2n) is 6.98. The van der Waals surface area contributed by atoms with Crippen LogP contribution in [0.15, 0.2) is 91.0 Å². The average molecular weight is 418 g/mol. The van der Waals surface area contributed by atoms with Crippen LogP contribution < -0.4 is 0 Å². The van der Waals surface area contributed by atoms with Gasteiger partial charge in [0.2, 0.25) is 0 Å². The van der Waals surface area contributed by atoms with Crippen molar-refractivity contribution < 1.29 is 23.8 Å². The first-order chi connectivity index (χ1) is 15.2. The predicted octanol–water partition coefficient (Wildman–Crippen LogP) is 4.95. The normalized spacial score (nSPS) is 12.7. The molecule has 2 atom stereocenters. The molecule has 3 aromatic rings. The highest BCUT2D eigenvalue weighted by atomic mass is 16.6. The molecule has 0 amide bonds. The van der Waals surface area contributed by atoms with Gasteiger partial charge in [0.25, 0.3) is 0 Å². The number of esters is 1. The maximum absolute atomic E-state index is 12.8. The molecule has 0 fully saturated rings. The van der Waals surface area contributed by atoms with Crippen LogP contribution in [0.2, 0.25) is 0 Å². The van der Waals surface area contributed by atoms with Crippen LogP contribution in [0.5, 0.6) is 0 Å². The van der Waals surface area contributed by atoms with Gasteiger partial charge in [0.05, 0.1) is 13.2 Å². The van der Waals surface area contributed by atoms with Crippen molar-refractivity contribution in [3.63, 3.8) is 0 Å². The van der Waals surface area contributed by atoms with Crippen molar-refractivity contribution in [2.24, 2.45) is 0 Å². The summed E-state index contributed by atoms with van der Waals surface area (Å²) < 4.78 is 17.1. The van der Waals surface area contributed by atoms with Gasteiger partial charge >= 0.3 is 5.97 Å². The number of hydrogen-bond acceptors (Lipinski definition) is 5. The lowest BCUT2D eigenvalue weighted by Crippen LogP contribution is -2.23. The topological polar surface area (TPSA) is 61.8 Å². The lowest BCUT2D eigenvalue weighted by atomic mass is 9.97. The molecule has 0 unspecified atom stereocenters. The van der Waals surface area contributed by atoms with Crippen LogP contribution in [0, 0.1) is 0 Å². The Hall–Kier alpha value is -3.28. The van der Waals surface area contributed by atoms with Gasteiger partial charge < -0.3 is 14.2 Å². The van der Waals surface area contributed by atoms with Crippen molar-refractivity contribution in [3.8, 4) is 0 Å². The van der Waals surface area contributed by atoms with Crippen molar-refractivity contribution in [1.29, 1.82) is 0 Å². The molecule has 0 saturated carbocycles. The summed E-state index contributed by atoms with van der Waals surface area (Å²) in [5.74, 6) is -0.882. The van der Waals surface area contributed by atoms with Crippen molar-refractivity contribution in [1.82, 2.24) is 0 Å². The second-order valence-corrected chi connectivity index (χ2v) is 6.98. The molecule has 0 bridgehead atoms. The minimum absolute atomic E-state index is 0.283. The Morgan fingerprint density at radius 1 is 0.710 bits per heavy atom. The van der Waals surface area contributed by atoms with E-state index in [-0.39, 0.29) is 12.2 Å². The van der Waals surface area contributed by atoms with E-state index in [2.05, 4.69) is 0 Å². The third kappa shape index (κ3) is 6.60. The number of ether oxygens (including phenoxy) is 3. The highest BCUT2D eigenvalue weighted by molar-refractivity contribution is 6.05. The largest absolute Gasteiger partial charge is 0.454 e. The predicted molar refractivity (Wildman–Crippen MR) is 118 cm³/mol. The smallest absolute Gasteiger partial charge is 0.314 e. The first-order valence-corrected chi connectivity index (χ1v) is 10.2. The maximum atomic E-state index is 12.8. The maximum Gasteiger partial charge on any atom is 0.314 e. The van der Waals surface area contributed by atoms with E-state index in [1.807, 2.05) is 66.7 Å². The minimum atomic E-state index is -0.712. The first-order valence-electron chi connectivity index (χ1n) is 10.2. The van der Waals surface area contributed by atoms with Crippen LogP contribution in [0.3, 0.4) is 0 Å². The quantitative estimate of drug-likeness (QED) is 0.191. The van der Waals surface area contributed by atoms with Crippen LogP contribution in [0.4, 0.5) is 0 Å². The molecule has 0 aliphatic rings. The zero-order chi connectivity index (χ0) is 21.9. The van der Waals surface area contributed by atoms with E-state index in [0.717, 1.165) is 11.1 Å². The Bertz CT molecular complexity index is 941. The van der Waals surface area contributed by atoms with Crippen LogP contribution in [-0.4, -0.2) is 32.1 Å². The average Bonchev–Trinajstić information content (AvgIpc) is 2.82. The van der Waals surface area contributed by atoms with Crippen molar-refractivity contribution >= 4 is 11.8 Å². The zero-order valence-corrected chi connectivity index (χ0v) is 17.5. The number of methoxy groups -OCH3 is 1. The van der Waals surface area contributed by atoms with E-state index in [9.17, 15) is 9.59 Å². The summed E-state index contributed by atoms with van der Waals surface area (Å²) in [7, 11) is 1.60. The number of hydrogen-bond donors (Lipinski definition) is 0. The molecule has 31 heavy (non-hydrogen) atoms. The number of ketones is 1. The van der Waals surface area contributed by atoms with Crippen LogP contribution in [0.25, 0.3) is 0 Å². The molecule has 0 spiro atoms. The van der Waals surface area contributed by atoms with E-state index < -0.39 is 18.2 Å². The Morgan fingerprint density at radius 2 is 1.23 bits per heavy atom. The molecule has 0 heterocycles. The van der Waals surface area contributed by atoms with Gasteiger partial charge in [-0.3, -0.25) is 9.59 Å². The molecule has 5 nitrogen and oxygen atoms in total. The molecule has 160 valence electrons. The SMILES string of the molecule is COCCO[C@@H](c1ccccc1)[C@H](OC(=O)CC(=O)c1ccccc1)c1ccccc1. The van der Waals surface area contributed by atoms with Crippen molar-refractivity contribution in [2.45, 2.75) is 18.6 Å². The van der Waals surface area contributed by atoms with E-state index in [4.69, 9.17) is 14.2 Å². The molecular weight excluding hydrogens is 392 g/mol. The van der Waals surface area contributed by atoms with E-state index in [0.29, 0.717) is 18.8 Å². The first kappa shape index (κ1) is 22.4. The second kappa shape index (κ2) is 11.8. The summed E-state index contributed by atoms with van der Waals surface area (Å²) in [6.07, 6.45) is -1.60. The Balaban J connectivity index is 1.84. The molecule has 0 aromatic heterocycles. The molecule has 0 N–H and O–H groups in total. The Labute approximate surface area is 182 Å². The number of benzene rings is 3. The molecule has 3 aromatic carbocycles. The molecule has 3 rings (SSSR count). The van der Waals surface area contributed by atoms with E-state index >= 15 is 0 Å². The van der Waals surface area contributed by atoms with Gasteiger partial charge in [0, 0.05) is 12.7 Å². The van der Waals surface area contributed by atoms with Gasteiger partial charge in [-0.15, -0.1) is 0 Å². The molecule has 0 aliphatic heterocycles. The Kier molecular flexibility index (Phi) is 8.52. The van der Waals surface area contributed by atoms with Gasteiger partial charge in [-0.25, -0.2) is 0 Å². The Morgan fingerprint density at radius 3 is 1.77 bits per heavy atom. The van der Waals surface area contributed by atoms with E-state index in [1.165, 1.54) is 0 Å². The van der Waals surface area contributed by atoms with Crippen molar-refractivity contribution in [3.05, 3.63) is 108 Å². The summed E-state index contributed by atoms with van der Waals surface area (Å²) in [5, 5.41) is 0. The molecular formula is C26H26O5. The fourth-order valence-corrected chi connectivity index (χ4v) is 3.25. The van der Waals surface area contributed by atoms with Gasteiger partial charge in [-0.05, 0) is 11.1 Å². The fourth-order valence-electron chi connectivity index (χ4n) is 3.25. The fraction of sp³-hybridized carbons (Fsp3) is 0.231. The molecule has 0 aliphatic carbocycles. The number of Topliss-reactive ketones (excluding diaryl/α,β-unsaturated/α-hetero) is 1. The highest BCUT2D eigenvalue weighted by Gasteiger charge is 2.30.